The minimum absolute atomic E-state index is 0.349. The predicted molar refractivity (Wildman–Crippen MR) is 64.3 cm³/mol. The highest BCUT2D eigenvalue weighted by Gasteiger charge is 2.17. The summed E-state index contributed by atoms with van der Waals surface area (Å²) in [4.78, 5) is 0. The van der Waals surface area contributed by atoms with Crippen molar-refractivity contribution >= 4 is 15.9 Å². The second kappa shape index (κ2) is 4.96. The van der Waals surface area contributed by atoms with E-state index in [1.54, 1.807) is 7.11 Å². The van der Waals surface area contributed by atoms with Crippen molar-refractivity contribution in [1.29, 1.82) is 0 Å². The lowest BCUT2D eigenvalue weighted by atomic mass is 10.0. The maximum Gasteiger partial charge on any atom is 0.124 e. The van der Waals surface area contributed by atoms with Crippen molar-refractivity contribution in [1.82, 2.24) is 10.6 Å². The number of piperazine rings is 1. The Balaban J connectivity index is 2.25. The van der Waals surface area contributed by atoms with Gasteiger partial charge in [-0.25, -0.2) is 0 Å². The maximum atomic E-state index is 5.38. The van der Waals surface area contributed by atoms with Crippen LogP contribution in [0.4, 0.5) is 0 Å². The van der Waals surface area contributed by atoms with E-state index in [1.807, 2.05) is 12.1 Å². The Labute approximate surface area is 98.3 Å². The third kappa shape index (κ3) is 2.51. The number of halogens is 1. The minimum Gasteiger partial charge on any atom is -0.496 e. The molecule has 0 aromatic heterocycles. The molecule has 1 heterocycles. The molecule has 1 aromatic rings. The van der Waals surface area contributed by atoms with Crippen molar-refractivity contribution in [2.75, 3.05) is 26.7 Å². The van der Waals surface area contributed by atoms with Crippen molar-refractivity contribution in [2.24, 2.45) is 0 Å². The molecule has 2 N–H and O–H groups in total. The van der Waals surface area contributed by atoms with Gasteiger partial charge in [-0.15, -0.1) is 0 Å². The lowest BCUT2D eigenvalue weighted by molar-refractivity contribution is 0.381. The van der Waals surface area contributed by atoms with Crippen LogP contribution in [0.25, 0.3) is 0 Å². The first-order valence-corrected chi connectivity index (χ1v) is 5.88. The van der Waals surface area contributed by atoms with Gasteiger partial charge in [0.25, 0.3) is 0 Å². The number of ether oxygens (including phenoxy) is 1. The molecule has 1 fully saturated rings. The minimum atomic E-state index is 0.349. The number of hydrogen-bond donors (Lipinski definition) is 2. The largest absolute Gasteiger partial charge is 0.496 e. The van der Waals surface area contributed by atoms with Crippen LogP contribution in [0, 0.1) is 0 Å². The molecule has 2 rings (SSSR count). The van der Waals surface area contributed by atoms with Gasteiger partial charge in [0.1, 0.15) is 5.75 Å². The van der Waals surface area contributed by atoms with Crippen molar-refractivity contribution in [3.05, 3.63) is 28.2 Å². The Kier molecular flexibility index (Phi) is 3.61. The highest BCUT2D eigenvalue weighted by atomic mass is 79.9. The Morgan fingerprint density at radius 2 is 2.27 bits per heavy atom. The van der Waals surface area contributed by atoms with Gasteiger partial charge in [-0.2, -0.15) is 0 Å². The molecule has 82 valence electrons. The summed E-state index contributed by atoms with van der Waals surface area (Å²) in [5.74, 6) is 0.936. The second-order valence-corrected chi connectivity index (χ2v) is 4.51. The molecule has 0 bridgehead atoms. The van der Waals surface area contributed by atoms with Gasteiger partial charge in [-0.3, -0.25) is 0 Å². The van der Waals surface area contributed by atoms with Gasteiger partial charge in [0.05, 0.1) is 7.11 Å². The number of methoxy groups -OCH3 is 1. The molecule has 1 aliphatic heterocycles. The van der Waals surface area contributed by atoms with E-state index in [-0.39, 0.29) is 0 Å². The number of nitrogens with one attached hydrogen (secondary N) is 2. The topological polar surface area (TPSA) is 33.3 Å². The SMILES string of the molecule is COc1cc(Br)ccc1[C@H]1CNCCN1. The highest BCUT2D eigenvalue weighted by Crippen LogP contribution is 2.28. The van der Waals surface area contributed by atoms with Gasteiger partial charge in [-0.1, -0.05) is 22.0 Å². The summed E-state index contributed by atoms with van der Waals surface area (Å²) in [6.45, 7) is 3.00. The maximum absolute atomic E-state index is 5.38. The third-order valence-electron chi connectivity index (χ3n) is 2.61. The van der Waals surface area contributed by atoms with Crippen molar-refractivity contribution in [2.45, 2.75) is 6.04 Å². The lowest BCUT2D eigenvalue weighted by Gasteiger charge is -2.26. The molecule has 1 saturated heterocycles. The first-order valence-electron chi connectivity index (χ1n) is 5.09. The quantitative estimate of drug-likeness (QED) is 0.858. The van der Waals surface area contributed by atoms with Crippen LogP contribution in [0.2, 0.25) is 0 Å². The Bertz CT molecular complexity index is 337. The summed E-state index contributed by atoms with van der Waals surface area (Å²) in [5.41, 5.74) is 1.22. The Morgan fingerprint density at radius 1 is 1.40 bits per heavy atom. The monoisotopic (exact) mass is 270 g/mol. The first kappa shape index (κ1) is 10.9. The number of rotatable bonds is 2. The second-order valence-electron chi connectivity index (χ2n) is 3.60. The van der Waals surface area contributed by atoms with Gasteiger partial charge in [-0.05, 0) is 12.1 Å². The van der Waals surface area contributed by atoms with E-state index >= 15 is 0 Å². The first-order chi connectivity index (χ1) is 7.31. The number of hydrogen-bond acceptors (Lipinski definition) is 3. The van der Waals surface area contributed by atoms with Crippen LogP contribution >= 0.6 is 15.9 Å². The molecule has 0 radical (unpaired) electrons. The van der Waals surface area contributed by atoms with Crippen LogP contribution in [0.1, 0.15) is 11.6 Å². The smallest absolute Gasteiger partial charge is 0.124 e. The summed E-state index contributed by atoms with van der Waals surface area (Å²) >= 11 is 3.45. The molecule has 1 aromatic carbocycles. The molecule has 3 nitrogen and oxygen atoms in total. The molecular formula is C11H15BrN2O. The lowest BCUT2D eigenvalue weighted by Crippen LogP contribution is -2.42. The van der Waals surface area contributed by atoms with Crippen molar-refractivity contribution in [3.8, 4) is 5.75 Å². The van der Waals surface area contributed by atoms with Crippen LogP contribution in [0.3, 0.4) is 0 Å². The zero-order valence-electron chi connectivity index (χ0n) is 8.72. The van der Waals surface area contributed by atoms with Gasteiger partial charge in [0, 0.05) is 35.7 Å². The molecule has 0 aliphatic carbocycles. The predicted octanol–water partition coefficient (Wildman–Crippen LogP) is 1.69. The summed E-state index contributed by atoms with van der Waals surface area (Å²) in [6.07, 6.45) is 0. The van der Waals surface area contributed by atoms with E-state index in [1.165, 1.54) is 5.56 Å². The van der Waals surface area contributed by atoms with Crippen LogP contribution in [-0.2, 0) is 0 Å². The van der Waals surface area contributed by atoms with E-state index in [0.29, 0.717) is 6.04 Å². The molecule has 0 spiro atoms. The molecule has 15 heavy (non-hydrogen) atoms. The number of benzene rings is 1. The van der Waals surface area contributed by atoms with Gasteiger partial charge < -0.3 is 15.4 Å². The van der Waals surface area contributed by atoms with E-state index in [2.05, 4.69) is 32.6 Å². The molecule has 1 atom stereocenters. The average Bonchev–Trinajstić information content (AvgIpc) is 2.30. The van der Waals surface area contributed by atoms with E-state index in [4.69, 9.17) is 4.74 Å². The van der Waals surface area contributed by atoms with Gasteiger partial charge >= 0.3 is 0 Å². The van der Waals surface area contributed by atoms with Crippen LogP contribution < -0.4 is 15.4 Å². The zero-order valence-corrected chi connectivity index (χ0v) is 10.3. The van der Waals surface area contributed by atoms with Crippen LogP contribution in [0.15, 0.2) is 22.7 Å². The fraction of sp³-hybridized carbons (Fsp3) is 0.455. The fourth-order valence-corrected chi connectivity index (χ4v) is 2.19. The van der Waals surface area contributed by atoms with Crippen molar-refractivity contribution in [3.63, 3.8) is 0 Å². The van der Waals surface area contributed by atoms with Crippen molar-refractivity contribution < 1.29 is 4.74 Å². The molecule has 0 amide bonds. The highest BCUT2D eigenvalue weighted by molar-refractivity contribution is 9.10. The summed E-state index contributed by atoms with van der Waals surface area (Å²) in [7, 11) is 1.71. The van der Waals surface area contributed by atoms with E-state index < -0.39 is 0 Å². The third-order valence-corrected chi connectivity index (χ3v) is 3.11. The normalized spacial score (nSPS) is 21.3. The van der Waals surface area contributed by atoms with Gasteiger partial charge in [0.2, 0.25) is 0 Å². The molecule has 1 aliphatic rings. The van der Waals surface area contributed by atoms with Crippen LogP contribution in [-0.4, -0.2) is 26.7 Å². The molecule has 0 saturated carbocycles. The average molecular weight is 271 g/mol. The Hall–Kier alpha value is -0.580. The zero-order chi connectivity index (χ0) is 10.7. The molecule has 4 heteroatoms. The molecule has 0 unspecified atom stereocenters. The standard InChI is InChI=1S/C11H15BrN2O/c1-15-11-6-8(12)2-3-9(11)10-7-13-4-5-14-10/h2-3,6,10,13-14H,4-5,7H2,1H3/t10-/m1/s1. The van der Waals surface area contributed by atoms with E-state index in [9.17, 15) is 0 Å². The fourth-order valence-electron chi connectivity index (χ4n) is 1.85. The summed E-state index contributed by atoms with van der Waals surface area (Å²) in [6, 6.07) is 6.51. The van der Waals surface area contributed by atoms with Crippen LogP contribution in [0.5, 0.6) is 5.75 Å². The van der Waals surface area contributed by atoms with E-state index in [0.717, 1.165) is 29.9 Å². The Morgan fingerprint density at radius 3 is 2.93 bits per heavy atom. The van der Waals surface area contributed by atoms with Gasteiger partial charge in [0.15, 0.2) is 0 Å². The molecular weight excluding hydrogens is 256 g/mol. The summed E-state index contributed by atoms with van der Waals surface area (Å²) in [5, 5.41) is 6.84. The summed E-state index contributed by atoms with van der Waals surface area (Å²) < 4.78 is 6.43.